The van der Waals surface area contributed by atoms with Gasteiger partial charge in [0.2, 0.25) is 5.91 Å². The quantitative estimate of drug-likeness (QED) is 0.857. The number of carbonyl (C=O) groups is 1. The summed E-state index contributed by atoms with van der Waals surface area (Å²) in [7, 11) is 0. The Balaban J connectivity index is 1.75. The van der Waals surface area contributed by atoms with Crippen LogP contribution in [0.5, 0.6) is 0 Å². The number of hydrogen-bond donors (Lipinski definition) is 1. The number of nitrogens with one attached hydrogen (secondary N) is 1. The molecule has 1 aromatic carbocycles. The van der Waals surface area contributed by atoms with Gasteiger partial charge in [-0.1, -0.05) is 35.9 Å². The average Bonchev–Trinajstić information content (AvgIpc) is 3.01. The zero-order valence-electron chi connectivity index (χ0n) is 12.7. The van der Waals surface area contributed by atoms with Crippen LogP contribution in [-0.4, -0.2) is 19.1 Å². The van der Waals surface area contributed by atoms with E-state index in [0.29, 0.717) is 30.6 Å². The summed E-state index contributed by atoms with van der Waals surface area (Å²) >= 11 is 6.00. The molecule has 22 heavy (non-hydrogen) atoms. The molecule has 3 nitrogen and oxygen atoms in total. The van der Waals surface area contributed by atoms with E-state index in [1.807, 2.05) is 24.3 Å². The van der Waals surface area contributed by atoms with Crippen molar-refractivity contribution in [1.82, 2.24) is 5.32 Å². The molecular weight excluding hydrogens is 298 g/mol. The third kappa shape index (κ3) is 3.53. The maximum absolute atomic E-state index is 12.5. The molecule has 0 bridgehead atoms. The van der Waals surface area contributed by atoms with E-state index in [1.165, 1.54) is 0 Å². The summed E-state index contributed by atoms with van der Waals surface area (Å²) in [6.07, 6.45) is 8.70. The molecule has 3 rings (SSSR count). The van der Waals surface area contributed by atoms with Gasteiger partial charge in [-0.15, -0.1) is 0 Å². The Bertz CT molecular complexity index is 547. The van der Waals surface area contributed by atoms with Crippen LogP contribution in [0.2, 0.25) is 5.02 Å². The van der Waals surface area contributed by atoms with Crippen molar-refractivity contribution in [3.63, 3.8) is 0 Å². The highest BCUT2D eigenvalue weighted by molar-refractivity contribution is 6.30. The number of carbonyl (C=O) groups excluding carboxylic acids is 1. The van der Waals surface area contributed by atoms with E-state index in [0.717, 1.165) is 31.2 Å². The molecule has 0 aromatic heterocycles. The van der Waals surface area contributed by atoms with Gasteiger partial charge in [0.15, 0.2) is 0 Å². The Morgan fingerprint density at radius 1 is 1.27 bits per heavy atom. The van der Waals surface area contributed by atoms with Gasteiger partial charge in [0.25, 0.3) is 0 Å². The second kappa shape index (κ2) is 6.84. The molecule has 4 heteroatoms. The van der Waals surface area contributed by atoms with Gasteiger partial charge < -0.3 is 10.1 Å². The van der Waals surface area contributed by atoms with Crippen molar-refractivity contribution in [3.8, 4) is 0 Å². The number of halogens is 1. The molecule has 118 valence electrons. The van der Waals surface area contributed by atoms with Crippen LogP contribution in [0.25, 0.3) is 0 Å². The van der Waals surface area contributed by atoms with Crippen molar-refractivity contribution in [2.45, 2.75) is 37.6 Å². The minimum absolute atomic E-state index is 0.133. The molecule has 1 fully saturated rings. The third-order valence-electron chi connectivity index (χ3n) is 4.68. The van der Waals surface area contributed by atoms with E-state index in [1.54, 1.807) is 0 Å². The van der Waals surface area contributed by atoms with E-state index in [9.17, 15) is 4.79 Å². The van der Waals surface area contributed by atoms with E-state index in [4.69, 9.17) is 16.3 Å². The molecule has 1 heterocycles. The van der Waals surface area contributed by atoms with Crippen LogP contribution in [-0.2, 0) is 15.1 Å². The molecule has 0 unspecified atom stereocenters. The van der Waals surface area contributed by atoms with Crippen LogP contribution >= 0.6 is 11.6 Å². The molecule has 1 aliphatic heterocycles. The Labute approximate surface area is 136 Å². The molecule has 0 radical (unpaired) electrons. The molecule has 1 aliphatic carbocycles. The van der Waals surface area contributed by atoms with Gasteiger partial charge in [-0.3, -0.25) is 4.79 Å². The predicted molar refractivity (Wildman–Crippen MR) is 87.8 cm³/mol. The van der Waals surface area contributed by atoms with Crippen molar-refractivity contribution in [2.75, 3.05) is 13.2 Å². The van der Waals surface area contributed by atoms with Crippen LogP contribution in [0, 0.1) is 5.92 Å². The van der Waals surface area contributed by atoms with Crippen molar-refractivity contribution < 1.29 is 9.53 Å². The van der Waals surface area contributed by atoms with Crippen molar-refractivity contribution in [1.29, 1.82) is 0 Å². The molecule has 1 atom stereocenters. The van der Waals surface area contributed by atoms with E-state index in [2.05, 4.69) is 17.5 Å². The lowest BCUT2D eigenvalue weighted by molar-refractivity contribution is -0.125. The van der Waals surface area contributed by atoms with Crippen LogP contribution in [0.3, 0.4) is 0 Å². The highest BCUT2D eigenvalue weighted by Gasteiger charge is 2.36. The first-order valence-corrected chi connectivity index (χ1v) is 8.37. The lowest BCUT2D eigenvalue weighted by Gasteiger charge is -2.39. The summed E-state index contributed by atoms with van der Waals surface area (Å²) in [5.74, 6) is 0.524. The number of allylic oxidation sites excluding steroid dienone is 2. The Hall–Kier alpha value is -1.32. The van der Waals surface area contributed by atoms with E-state index >= 15 is 0 Å². The molecule has 2 aliphatic rings. The fraction of sp³-hybridized carbons (Fsp3) is 0.500. The van der Waals surface area contributed by atoms with Crippen LogP contribution < -0.4 is 5.32 Å². The minimum atomic E-state index is -0.317. The summed E-state index contributed by atoms with van der Waals surface area (Å²) in [6, 6.07) is 7.81. The van der Waals surface area contributed by atoms with Crippen molar-refractivity contribution in [3.05, 3.63) is 47.0 Å². The fourth-order valence-electron chi connectivity index (χ4n) is 3.40. The SMILES string of the molecule is O=C(C[C@@H]1C=CCC1)NC1(c2ccc(Cl)cc2)CCOCC1. The fourth-order valence-corrected chi connectivity index (χ4v) is 3.52. The molecule has 1 aromatic rings. The van der Waals surface area contributed by atoms with Gasteiger partial charge in [-0.2, -0.15) is 0 Å². The Kier molecular flexibility index (Phi) is 4.84. The zero-order chi connectivity index (χ0) is 15.4. The Morgan fingerprint density at radius 3 is 2.64 bits per heavy atom. The van der Waals surface area contributed by atoms with E-state index in [-0.39, 0.29) is 11.4 Å². The number of ether oxygens (including phenoxy) is 1. The highest BCUT2D eigenvalue weighted by atomic mass is 35.5. The standard InChI is InChI=1S/C18H22ClNO2/c19-16-7-5-15(6-8-16)18(9-11-22-12-10-18)20-17(21)13-14-3-1-2-4-14/h1,3,5-8,14H,2,4,9-13H2,(H,20,21)/t14-/m1/s1. The summed E-state index contributed by atoms with van der Waals surface area (Å²) in [5.41, 5.74) is 0.804. The highest BCUT2D eigenvalue weighted by Crippen LogP contribution is 2.33. The Morgan fingerprint density at radius 2 is 2.00 bits per heavy atom. The lowest BCUT2D eigenvalue weighted by atomic mass is 9.82. The van der Waals surface area contributed by atoms with Gasteiger partial charge in [-0.25, -0.2) is 0 Å². The second-order valence-electron chi connectivity index (χ2n) is 6.22. The summed E-state index contributed by atoms with van der Waals surface area (Å²) in [5, 5.41) is 4.02. The van der Waals surface area contributed by atoms with Gasteiger partial charge >= 0.3 is 0 Å². The average molecular weight is 320 g/mol. The van der Waals surface area contributed by atoms with Crippen LogP contribution in [0.4, 0.5) is 0 Å². The first-order chi connectivity index (χ1) is 10.7. The van der Waals surface area contributed by atoms with Gasteiger partial charge in [0, 0.05) is 24.7 Å². The predicted octanol–water partition coefficient (Wildman–Crippen LogP) is 3.82. The first-order valence-electron chi connectivity index (χ1n) is 7.99. The smallest absolute Gasteiger partial charge is 0.221 e. The minimum Gasteiger partial charge on any atom is -0.381 e. The van der Waals surface area contributed by atoms with Crippen LogP contribution in [0.15, 0.2) is 36.4 Å². The number of hydrogen-bond acceptors (Lipinski definition) is 2. The zero-order valence-corrected chi connectivity index (χ0v) is 13.4. The third-order valence-corrected chi connectivity index (χ3v) is 4.93. The maximum atomic E-state index is 12.5. The molecule has 0 spiro atoms. The van der Waals surface area contributed by atoms with Gasteiger partial charge in [0.05, 0.1) is 5.54 Å². The molecule has 0 saturated carbocycles. The van der Waals surface area contributed by atoms with Crippen LogP contribution in [0.1, 0.15) is 37.7 Å². The summed E-state index contributed by atoms with van der Waals surface area (Å²) < 4.78 is 5.50. The first kappa shape index (κ1) is 15.6. The number of benzene rings is 1. The molecule has 1 N–H and O–H groups in total. The normalized spacial score (nSPS) is 23.4. The van der Waals surface area contributed by atoms with Gasteiger partial charge in [-0.05, 0) is 49.3 Å². The topological polar surface area (TPSA) is 38.3 Å². The summed E-state index contributed by atoms with van der Waals surface area (Å²) in [4.78, 5) is 12.5. The van der Waals surface area contributed by atoms with Crippen molar-refractivity contribution >= 4 is 17.5 Å². The second-order valence-corrected chi connectivity index (χ2v) is 6.66. The molecular formula is C18H22ClNO2. The van der Waals surface area contributed by atoms with Gasteiger partial charge in [0.1, 0.15) is 0 Å². The lowest BCUT2D eigenvalue weighted by Crippen LogP contribution is -2.49. The molecule has 1 amide bonds. The van der Waals surface area contributed by atoms with E-state index < -0.39 is 0 Å². The van der Waals surface area contributed by atoms with Crippen molar-refractivity contribution in [2.24, 2.45) is 5.92 Å². The maximum Gasteiger partial charge on any atom is 0.221 e. The monoisotopic (exact) mass is 319 g/mol. The number of amides is 1. The largest absolute Gasteiger partial charge is 0.381 e. The number of rotatable bonds is 4. The molecule has 1 saturated heterocycles. The summed E-state index contributed by atoms with van der Waals surface area (Å²) in [6.45, 7) is 1.35.